The average Bonchev–Trinajstić information content (AvgIpc) is 2.97. The molecule has 0 saturated heterocycles. The Kier molecular flexibility index (Phi) is 6.13. The van der Waals surface area contributed by atoms with Gasteiger partial charge in [0, 0.05) is 15.6 Å². The van der Waals surface area contributed by atoms with Crippen molar-refractivity contribution in [3.05, 3.63) is 23.3 Å². The van der Waals surface area contributed by atoms with Crippen LogP contribution in [0.5, 0.6) is 0 Å². The summed E-state index contributed by atoms with van der Waals surface area (Å²) in [6.07, 6.45) is 7.47. The molecular formula is C12H23NO2. The maximum Gasteiger partial charge on any atom is 0.146 e. The fraction of sp³-hybridized carbons (Fsp3) is 0.583. The smallest absolute Gasteiger partial charge is 0.146 e. The zero-order valence-electron chi connectivity index (χ0n) is 9.82. The van der Waals surface area contributed by atoms with Crippen LogP contribution < -0.4 is 6.15 Å². The molecule has 2 aliphatic rings. The predicted octanol–water partition coefficient (Wildman–Crippen LogP) is 2.77. The molecule has 3 heteroatoms. The molecule has 0 aromatic carbocycles. The fourth-order valence-electron chi connectivity index (χ4n) is 1.93. The lowest BCUT2D eigenvalue weighted by molar-refractivity contribution is -0.105. The standard InChI is InChI=1S/C10H12O.C2H6O.H3N.H2/c1-2-7-3-4-8(6-11)10-5-9(7)10;1-3-2;;/h3-4,6,9-10H,2,5H2,1H3;1-2H3;1H3;1H. The number of carbonyl (C=O) groups is 1. The van der Waals surface area contributed by atoms with E-state index in [1.54, 1.807) is 14.2 Å². The third-order valence-corrected chi connectivity index (χ3v) is 2.73. The molecule has 3 nitrogen and oxygen atoms in total. The van der Waals surface area contributed by atoms with E-state index >= 15 is 0 Å². The van der Waals surface area contributed by atoms with E-state index in [1.807, 2.05) is 6.08 Å². The Morgan fingerprint density at radius 2 is 2.07 bits per heavy atom. The quantitative estimate of drug-likeness (QED) is 0.717. The van der Waals surface area contributed by atoms with Gasteiger partial charge in [0.1, 0.15) is 6.29 Å². The highest BCUT2D eigenvalue weighted by Crippen LogP contribution is 2.51. The van der Waals surface area contributed by atoms with E-state index in [-0.39, 0.29) is 7.58 Å². The van der Waals surface area contributed by atoms with Crippen molar-refractivity contribution in [2.24, 2.45) is 11.8 Å². The first kappa shape index (κ1) is 14.1. The van der Waals surface area contributed by atoms with Crippen LogP contribution >= 0.6 is 0 Å². The van der Waals surface area contributed by atoms with E-state index in [0.29, 0.717) is 5.92 Å². The van der Waals surface area contributed by atoms with Gasteiger partial charge in [-0.1, -0.05) is 24.6 Å². The highest BCUT2D eigenvalue weighted by atomic mass is 16.4. The second-order valence-electron chi connectivity index (χ2n) is 3.74. The molecule has 0 spiro atoms. The average molecular weight is 213 g/mol. The van der Waals surface area contributed by atoms with E-state index in [9.17, 15) is 4.79 Å². The summed E-state index contributed by atoms with van der Waals surface area (Å²) < 4.78 is 4.25. The SMILES string of the molecule is CCC1=CC=C(C=O)C2CC12.COC.N.[HH]. The number of carbonyl (C=O) groups excluding carboxylic acids is 1. The van der Waals surface area contributed by atoms with E-state index in [1.165, 1.54) is 12.0 Å². The monoisotopic (exact) mass is 213 g/mol. The molecule has 0 heterocycles. The minimum absolute atomic E-state index is 0. The summed E-state index contributed by atoms with van der Waals surface area (Å²) in [5.74, 6) is 1.32. The van der Waals surface area contributed by atoms with Crippen LogP contribution in [0.25, 0.3) is 0 Å². The molecule has 1 fully saturated rings. The van der Waals surface area contributed by atoms with Gasteiger partial charge >= 0.3 is 0 Å². The van der Waals surface area contributed by atoms with Crippen LogP contribution in [0.3, 0.4) is 0 Å². The molecule has 0 aromatic rings. The molecule has 0 bridgehead atoms. The van der Waals surface area contributed by atoms with E-state index in [0.717, 1.165) is 24.2 Å². The molecule has 88 valence electrons. The van der Waals surface area contributed by atoms with Crippen molar-refractivity contribution < 1.29 is 11.0 Å². The van der Waals surface area contributed by atoms with Gasteiger partial charge < -0.3 is 10.9 Å². The summed E-state index contributed by atoms with van der Waals surface area (Å²) >= 11 is 0. The second kappa shape index (κ2) is 6.53. The van der Waals surface area contributed by atoms with Gasteiger partial charge in [-0.25, -0.2) is 0 Å². The first-order valence-electron chi connectivity index (χ1n) is 5.04. The highest BCUT2D eigenvalue weighted by molar-refractivity contribution is 5.77. The third-order valence-electron chi connectivity index (χ3n) is 2.73. The van der Waals surface area contributed by atoms with Gasteiger partial charge in [-0.2, -0.15) is 0 Å². The number of aldehydes is 1. The van der Waals surface area contributed by atoms with Crippen LogP contribution in [0.2, 0.25) is 0 Å². The molecule has 0 aliphatic heterocycles. The first-order valence-corrected chi connectivity index (χ1v) is 5.04. The lowest BCUT2D eigenvalue weighted by atomic mass is 9.98. The van der Waals surface area contributed by atoms with Crippen LogP contribution in [-0.2, 0) is 9.53 Å². The number of ether oxygens (including phenoxy) is 1. The van der Waals surface area contributed by atoms with Crippen LogP contribution in [0.4, 0.5) is 0 Å². The van der Waals surface area contributed by atoms with Gasteiger partial charge in [-0.05, 0) is 30.3 Å². The summed E-state index contributed by atoms with van der Waals surface area (Å²) in [6, 6.07) is 0. The van der Waals surface area contributed by atoms with Gasteiger partial charge in [0.2, 0.25) is 0 Å². The van der Waals surface area contributed by atoms with Crippen molar-refractivity contribution in [2.75, 3.05) is 14.2 Å². The molecule has 3 N–H and O–H groups in total. The summed E-state index contributed by atoms with van der Waals surface area (Å²) in [6.45, 7) is 2.18. The minimum Gasteiger partial charge on any atom is -0.388 e. The number of allylic oxidation sites excluding steroid dienone is 4. The van der Waals surface area contributed by atoms with Crippen molar-refractivity contribution in [2.45, 2.75) is 19.8 Å². The molecule has 2 aliphatic carbocycles. The molecule has 1 saturated carbocycles. The predicted molar refractivity (Wildman–Crippen MR) is 64.2 cm³/mol. The molecule has 0 radical (unpaired) electrons. The normalized spacial score (nSPS) is 25.8. The Morgan fingerprint density at radius 1 is 1.47 bits per heavy atom. The zero-order valence-corrected chi connectivity index (χ0v) is 9.82. The summed E-state index contributed by atoms with van der Waals surface area (Å²) in [4.78, 5) is 10.5. The molecule has 2 rings (SSSR count). The largest absolute Gasteiger partial charge is 0.388 e. The minimum atomic E-state index is 0. The highest BCUT2D eigenvalue weighted by Gasteiger charge is 2.42. The molecule has 15 heavy (non-hydrogen) atoms. The van der Waals surface area contributed by atoms with Crippen LogP contribution in [0.15, 0.2) is 23.3 Å². The van der Waals surface area contributed by atoms with Gasteiger partial charge in [0.05, 0.1) is 0 Å². The number of hydrogen-bond acceptors (Lipinski definition) is 3. The summed E-state index contributed by atoms with van der Waals surface area (Å²) in [5.41, 5.74) is 2.54. The molecule has 2 atom stereocenters. The summed E-state index contributed by atoms with van der Waals surface area (Å²) in [7, 11) is 3.25. The Labute approximate surface area is 93.3 Å². The first-order chi connectivity index (χ1) is 6.78. The number of methoxy groups -OCH3 is 1. The van der Waals surface area contributed by atoms with Crippen LogP contribution in [0, 0.1) is 11.8 Å². The van der Waals surface area contributed by atoms with Gasteiger partial charge in [0.25, 0.3) is 0 Å². The fourth-order valence-corrected chi connectivity index (χ4v) is 1.93. The van der Waals surface area contributed by atoms with Gasteiger partial charge in [0.15, 0.2) is 0 Å². The van der Waals surface area contributed by atoms with Crippen molar-refractivity contribution in [1.29, 1.82) is 0 Å². The Hall–Kier alpha value is -0.930. The number of hydrogen-bond donors (Lipinski definition) is 1. The lowest BCUT2D eigenvalue weighted by Gasteiger charge is -2.07. The van der Waals surface area contributed by atoms with Crippen LogP contribution in [-0.4, -0.2) is 20.5 Å². The Balaban J connectivity index is 0. The van der Waals surface area contributed by atoms with E-state index < -0.39 is 0 Å². The second-order valence-corrected chi connectivity index (χ2v) is 3.74. The molecule has 2 unspecified atom stereocenters. The third kappa shape index (κ3) is 3.29. The van der Waals surface area contributed by atoms with Crippen molar-refractivity contribution in [3.8, 4) is 0 Å². The maximum absolute atomic E-state index is 10.5. The Morgan fingerprint density at radius 3 is 2.53 bits per heavy atom. The molecule has 0 aromatic heterocycles. The van der Waals surface area contributed by atoms with E-state index in [2.05, 4.69) is 17.7 Å². The summed E-state index contributed by atoms with van der Waals surface area (Å²) in [5, 5.41) is 0. The number of rotatable bonds is 2. The maximum atomic E-state index is 10.5. The van der Waals surface area contributed by atoms with Crippen LogP contribution in [0.1, 0.15) is 21.2 Å². The molecule has 0 amide bonds. The lowest BCUT2D eigenvalue weighted by Crippen LogP contribution is -1.97. The topological polar surface area (TPSA) is 61.3 Å². The van der Waals surface area contributed by atoms with Crippen molar-refractivity contribution in [3.63, 3.8) is 0 Å². The zero-order chi connectivity index (χ0) is 10.6. The van der Waals surface area contributed by atoms with E-state index in [4.69, 9.17) is 0 Å². The van der Waals surface area contributed by atoms with Gasteiger partial charge in [-0.3, -0.25) is 4.79 Å². The Bertz CT molecular complexity index is 274. The number of fused-ring (bicyclic) bond motifs is 1. The van der Waals surface area contributed by atoms with Crippen molar-refractivity contribution >= 4 is 6.29 Å². The molecular weight excluding hydrogens is 190 g/mol. The van der Waals surface area contributed by atoms with Gasteiger partial charge in [-0.15, -0.1) is 0 Å². The van der Waals surface area contributed by atoms with Crippen molar-refractivity contribution in [1.82, 2.24) is 6.15 Å².